The molecule has 0 heterocycles. The molecule has 1 N–H and O–H groups in total. The molecule has 128 valence electrons. The van der Waals surface area contributed by atoms with Crippen molar-refractivity contribution in [2.75, 3.05) is 20.3 Å². The van der Waals surface area contributed by atoms with E-state index in [1.54, 1.807) is 18.9 Å². The standard InChI is InChI=1S/C19H23NO3S/c1-15(24-14-16-8-4-3-5-9-16)19(21)20-12-13-23-18-11-7-6-10-17(18)22-2/h3-11,15H,12-14H2,1-2H3,(H,20,21). The fourth-order valence-corrected chi connectivity index (χ4v) is 2.96. The van der Waals surface area contributed by atoms with E-state index in [0.717, 1.165) is 5.75 Å². The molecule has 0 spiro atoms. The second-order valence-electron chi connectivity index (χ2n) is 5.23. The molecule has 4 nitrogen and oxygen atoms in total. The number of nitrogens with one attached hydrogen (secondary N) is 1. The highest BCUT2D eigenvalue weighted by atomic mass is 32.2. The first kappa shape index (κ1) is 18.2. The Morgan fingerprint density at radius 1 is 1.08 bits per heavy atom. The number of rotatable bonds is 9. The van der Waals surface area contributed by atoms with Gasteiger partial charge in [0, 0.05) is 5.75 Å². The van der Waals surface area contributed by atoms with Crippen molar-refractivity contribution in [1.29, 1.82) is 0 Å². The molecule has 2 aromatic carbocycles. The van der Waals surface area contributed by atoms with Gasteiger partial charge in [0.25, 0.3) is 0 Å². The van der Waals surface area contributed by atoms with Gasteiger partial charge in [0.05, 0.1) is 18.9 Å². The van der Waals surface area contributed by atoms with Crippen molar-refractivity contribution in [1.82, 2.24) is 5.32 Å². The van der Waals surface area contributed by atoms with Crippen molar-refractivity contribution in [3.05, 3.63) is 60.2 Å². The summed E-state index contributed by atoms with van der Waals surface area (Å²) in [5.74, 6) is 2.23. The molecule has 0 aliphatic carbocycles. The minimum atomic E-state index is -0.100. The van der Waals surface area contributed by atoms with Crippen LogP contribution in [-0.2, 0) is 10.5 Å². The zero-order valence-corrected chi connectivity index (χ0v) is 14.8. The summed E-state index contributed by atoms with van der Waals surface area (Å²) < 4.78 is 10.9. The predicted molar refractivity (Wildman–Crippen MR) is 98.7 cm³/mol. The summed E-state index contributed by atoms with van der Waals surface area (Å²) in [5, 5.41) is 2.80. The van der Waals surface area contributed by atoms with Gasteiger partial charge in [0.2, 0.25) is 5.91 Å². The van der Waals surface area contributed by atoms with E-state index in [9.17, 15) is 4.79 Å². The number of para-hydroxylation sites is 2. The number of hydrogen-bond acceptors (Lipinski definition) is 4. The first-order valence-corrected chi connectivity index (χ1v) is 8.94. The van der Waals surface area contributed by atoms with Gasteiger partial charge >= 0.3 is 0 Å². The number of ether oxygens (including phenoxy) is 2. The molecular weight excluding hydrogens is 322 g/mol. The van der Waals surface area contributed by atoms with Crippen LogP contribution in [0.5, 0.6) is 11.5 Å². The maximum Gasteiger partial charge on any atom is 0.232 e. The molecule has 2 rings (SSSR count). The van der Waals surface area contributed by atoms with E-state index in [-0.39, 0.29) is 11.2 Å². The van der Waals surface area contributed by atoms with Gasteiger partial charge in [-0.05, 0) is 24.6 Å². The maximum atomic E-state index is 12.1. The normalized spacial score (nSPS) is 11.6. The zero-order chi connectivity index (χ0) is 17.2. The smallest absolute Gasteiger partial charge is 0.232 e. The van der Waals surface area contributed by atoms with E-state index in [1.807, 2.05) is 49.4 Å². The van der Waals surface area contributed by atoms with Crippen LogP contribution in [-0.4, -0.2) is 31.4 Å². The Labute approximate surface area is 147 Å². The van der Waals surface area contributed by atoms with Crippen molar-refractivity contribution in [3.63, 3.8) is 0 Å². The van der Waals surface area contributed by atoms with Crippen LogP contribution in [0, 0.1) is 0 Å². The van der Waals surface area contributed by atoms with Gasteiger partial charge in [-0.3, -0.25) is 4.79 Å². The second-order valence-corrected chi connectivity index (χ2v) is 6.56. The summed E-state index contributed by atoms with van der Waals surface area (Å²) in [4.78, 5) is 12.1. The number of methoxy groups -OCH3 is 1. The van der Waals surface area contributed by atoms with Crippen LogP contribution >= 0.6 is 11.8 Å². The van der Waals surface area contributed by atoms with E-state index in [0.29, 0.717) is 24.7 Å². The highest BCUT2D eigenvalue weighted by molar-refractivity contribution is 7.99. The molecular formula is C19H23NO3S. The first-order valence-electron chi connectivity index (χ1n) is 7.89. The molecule has 0 fully saturated rings. The Hall–Kier alpha value is -2.14. The predicted octanol–water partition coefficient (Wildman–Crippen LogP) is 3.51. The number of carbonyl (C=O) groups excluding carboxylic acids is 1. The summed E-state index contributed by atoms with van der Waals surface area (Å²) >= 11 is 1.63. The molecule has 0 aromatic heterocycles. The number of benzene rings is 2. The number of thioether (sulfide) groups is 1. The Kier molecular flexibility index (Phi) is 7.49. The van der Waals surface area contributed by atoms with Gasteiger partial charge in [-0.1, -0.05) is 42.5 Å². The Balaban J connectivity index is 1.67. The Morgan fingerprint density at radius 3 is 2.46 bits per heavy atom. The summed E-state index contributed by atoms with van der Waals surface area (Å²) in [6.07, 6.45) is 0. The monoisotopic (exact) mass is 345 g/mol. The van der Waals surface area contributed by atoms with Crippen LogP contribution in [0.15, 0.2) is 54.6 Å². The summed E-state index contributed by atoms with van der Waals surface area (Å²) in [5.41, 5.74) is 1.22. The van der Waals surface area contributed by atoms with Crippen LogP contribution in [0.25, 0.3) is 0 Å². The van der Waals surface area contributed by atoms with Gasteiger partial charge in [0.15, 0.2) is 11.5 Å². The molecule has 1 atom stereocenters. The van der Waals surface area contributed by atoms with Gasteiger partial charge in [-0.15, -0.1) is 11.8 Å². The quantitative estimate of drug-likeness (QED) is 0.707. The molecule has 5 heteroatoms. The Bertz CT molecular complexity index is 634. The summed E-state index contributed by atoms with van der Waals surface area (Å²) in [7, 11) is 1.61. The molecule has 0 saturated heterocycles. The third-order valence-electron chi connectivity index (χ3n) is 3.44. The molecule has 0 aliphatic heterocycles. The van der Waals surface area contributed by atoms with Gasteiger partial charge in [-0.25, -0.2) is 0 Å². The lowest BCUT2D eigenvalue weighted by molar-refractivity contribution is -0.120. The summed E-state index contributed by atoms with van der Waals surface area (Å²) in [6, 6.07) is 17.6. The molecule has 0 saturated carbocycles. The van der Waals surface area contributed by atoms with Crippen LogP contribution in [0.4, 0.5) is 0 Å². The number of hydrogen-bond donors (Lipinski definition) is 1. The van der Waals surface area contributed by atoms with Crippen LogP contribution in [0.3, 0.4) is 0 Å². The highest BCUT2D eigenvalue weighted by Crippen LogP contribution is 2.25. The molecule has 24 heavy (non-hydrogen) atoms. The van der Waals surface area contributed by atoms with Crippen LogP contribution in [0.1, 0.15) is 12.5 Å². The molecule has 1 unspecified atom stereocenters. The molecule has 1 amide bonds. The molecule has 0 aliphatic rings. The fraction of sp³-hybridized carbons (Fsp3) is 0.316. The second kappa shape index (κ2) is 9.88. The van der Waals surface area contributed by atoms with Crippen LogP contribution in [0.2, 0.25) is 0 Å². The molecule has 0 radical (unpaired) electrons. The van der Waals surface area contributed by atoms with Crippen molar-refractivity contribution >= 4 is 17.7 Å². The van der Waals surface area contributed by atoms with E-state index < -0.39 is 0 Å². The third-order valence-corrected chi connectivity index (χ3v) is 4.65. The van der Waals surface area contributed by atoms with E-state index in [1.165, 1.54) is 5.56 Å². The number of amides is 1. The average Bonchev–Trinajstić information content (AvgIpc) is 2.64. The van der Waals surface area contributed by atoms with Crippen molar-refractivity contribution in [3.8, 4) is 11.5 Å². The van der Waals surface area contributed by atoms with Gasteiger partial charge in [0.1, 0.15) is 6.61 Å². The van der Waals surface area contributed by atoms with E-state index in [4.69, 9.17) is 9.47 Å². The van der Waals surface area contributed by atoms with Crippen LogP contribution < -0.4 is 14.8 Å². The van der Waals surface area contributed by atoms with E-state index in [2.05, 4.69) is 17.4 Å². The minimum Gasteiger partial charge on any atom is -0.493 e. The lowest BCUT2D eigenvalue weighted by Crippen LogP contribution is -2.34. The van der Waals surface area contributed by atoms with Gasteiger partial charge in [-0.2, -0.15) is 0 Å². The summed E-state index contributed by atoms with van der Waals surface area (Å²) in [6.45, 7) is 2.79. The van der Waals surface area contributed by atoms with Gasteiger partial charge < -0.3 is 14.8 Å². The number of carbonyl (C=O) groups is 1. The Morgan fingerprint density at radius 2 is 1.75 bits per heavy atom. The zero-order valence-electron chi connectivity index (χ0n) is 14.0. The lowest BCUT2D eigenvalue weighted by Gasteiger charge is -2.13. The fourth-order valence-electron chi connectivity index (χ4n) is 2.09. The molecule has 0 bridgehead atoms. The third kappa shape index (κ3) is 5.81. The van der Waals surface area contributed by atoms with E-state index >= 15 is 0 Å². The SMILES string of the molecule is COc1ccccc1OCCNC(=O)C(C)SCc1ccccc1. The average molecular weight is 345 g/mol. The lowest BCUT2D eigenvalue weighted by atomic mass is 10.2. The van der Waals surface area contributed by atoms with Crippen molar-refractivity contribution < 1.29 is 14.3 Å². The largest absolute Gasteiger partial charge is 0.493 e. The minimum absolute atomic E-state index is 0.0274. The maximum absolute atomic E-state index is 12.1. The highest BCUT2D eigenvalue weighted by Gasteiger charge is 2.13. The van der Waals surface area contributed by atoms with Crippen molar-refractivity contribution in [2.24, 2.45) is 0 Å². The van der Waals surface area contributed by atoms with Crippen molar-refractivity contribution in [2.45, 2.75) is 17.9 Å². The molecule has 2 aromatic rings. The first-order chi connectivity index (χ1) is 11.7. The topological polar surface area (TPSA) is 47.6 Å².